The molecule has 3 nitrogen and oxygen atoms in total. The summed E-state index contributed by atoms with van der Waals surface area (Å²) < 4.78 is 0. The number of alkyl halides is 2. The second-order valence-corrected chi connectivity index (χ2v) is 3.94. The van der Waals surface area contributed by atoms with Crippen LogP contribution in [0.3, 0.4) is 0 Å². The number of primary amides is 1. The molecule has 0 saturated carbocycles. The van der Waals surface area contributed by atoms with E-state index in [1.165, 1.54) is 0 Å². The Morgan fingerprint density at radius 3 is 2.46 bits per heavy atom. The molecule has 0 aliphatic carbocycles. The van der Waals surface area contributed by atoms with E-state index in [1.807, 2.05) is 6.92 Å². The maximum atomic E-state index is 10.6. The van der Waals surface area contributed by atoms with Crippen LogP contribution >= 0.6 is 23.2 Å². The molecule has 0 rings (SSSR count). The minimum absolute atomic E-state index is 0. The van der Waals surface area contributed by atoms with Gasteiger partial charge in [-0.05, 0) is 6.92 Å². The fourth-order valence-corrected chi connectivity index (χ4v) is 1.53. The predicted molar refractivity (Wildman–Crippen MR) is 50.8 cm³/mol. The van der Waals surface area contributed by atoms with E-state index < -0.39 is 0 Å². The van der Waals surface area contributed by atoms with Crippen molar-refractivity contribution in [2.75, 3.05) is 25.5 Å². The van der Waals surface area contributed by atoms with Gasteiger partial charge in [0.15, 0.2) is 6.54 Å². The Bertz CT molecular complexity index is 144. The van der Waals surface area contributed by atoms with Gasteiger partial charge >= 0.3 is 0 Å². The van der Waals surface area contributed by atoms with Crippen molar-refractivity contribution in [3.63, 3.8) is 0 Å². The van der Waals surface area contributed by atoms with Crippen molar-refractivity contribution in [2.45, 2.75) is 12.3 Å². The zero-order chi connectivity index (χ0) is 9.56. The van der Waals surface area contributed by atoms with Crippen LogP contribution in [0.15, 0.2) is 0 Å². The molecular weight excluding hydrogens is 234 g/mol. The highest BCUT2D eigenvalue weighted by Crippen LogP contribution is 1.86. The average Bonchev–Trinajstić information content (AvgIpc) is 1.84. The number of halogens is 3. The largest absolute Gasteiger partial charge is 1.00 e. The lowest BCUT2D eigenvalue weighted by Gasteiger charge is -2.17. The third-order valence-corrected chi connectivity index (χ3v) is 1.79. The molecule has 0 aromatic rings. The molecule has 1 amide bonds. The molecule has 0 aliphatic rings. The fraction of sp³-hybridized carbons (Fsp3) is 0.857. The van der Waals surface area contributed by atoms with Gasteiger partial charge < -0.3 is 23.0 Å². The van der Waals surface area contributed by atoms with E-state index in [-0.39, 0.29) is 23.7 Å². The number of hydrogen-bond donors (Lipinski definition) is 2. The molecule has 2 atom stereocenters. The monoisotopic (exact) mass is 248 g/mol. The van der Waals surface area contributed by atoms with Gasteiger partial charge in [0.05, 0.1) is 24.3 Å². The number of nitrogens with two attached hydrogens (primary N) is 1. The molecule has 0 aromatic carbocycles. The van der Waals surface area contributed by atoms with Gasteiger partial charge in [0.2, 0.25) is 0 Å². The van der Waals surface area contributed by atoms with Gasteiger partial charge in [0.1, 0.15) is 0 Å². The van der Waals surface area contributed by atoms with Crippen molar-refractivity contribution in [1.29, 1.82) is 0 Å². The molecule has 0 radical (unpaired) electrons. The molecule has 13 heavy (non-hydrogen) atoms. The minimum atomic E-state index is -0.313. The number of carbonyl (C=O) groups is 1. The van der Waals surface area contributed by atoms with E-state index in [2.05, 4.69) is 0 Å². The van der Waals surface area contributed by atoms with Gasteiger partial charge in [-0.3, -0.25) is 4.79 Å². The van der Waals surface area contributed by atoms with E-state index >= 15 is 0 Å². The summed E-state index contributed by atoms with van der Waals surface area (Å²) in [5, 5.41) is 0.0440. The van der Waals surface area contributed by atoms with Crippen LogP contribution in [-0.2, 0) is 4.79 Å². The lowest BCUT2D eigenvalue weighted by molar-refractivity contribution is -0.888. The maximum Gasteiger partial charge on any atom is 0.272 e. The molecule has 0 heterocycles. The standard InChI is InChI=1S/C7H14Cl2N2O.ClH/c1-6(9)4-11(3-2-8)5-7(10)12;/h6H,2-5H2,1H3,(H2,10,12);1H. The molecule has 0 fully saturated rings. The highest BCUT2D eigenvalue weighted by molar-refractivity contribution is 6.20. The molecule has 6 heteroatoms. The summed E-state index contributed by atoms with van der Waals surface area (Å²) in [6.45, 7) is 3.64. The van der Waals surface area contributed by atoms with Crippen molar-refractivity contribution in [3.8, 4) is 0 Å². The lowest BCUT2D eigenvalue weighted by Crippen LogP contribution is -3.14. The van der Waals surface area contributed by atoms with Gasteiger partial charge in [-0.1, -0.05) is 0 Å². The summed E-state index contributed by atoms with van der Waals surface area (Å²) in [7, 11) is 0. The molecule has 3 N–H and O–H groups in total. The minimum Gasteiger partial charge on any atom is -1.00 e. The summed E-state index contributed by atoms with van der Waals surface area (Å²) >= 11 is 11.3. The fourth-order valence-electron chi connectivity index (χ4n) is 1.04. The van der Waals surface area contributed by atoms with E-state index in [1.54, 1.807) is 0 Å². The van der Waals surface area contributed by atoms with Crippen LogP contribution in [0.4, 0.5) is 0 Å². The van der Waals surface area contributed by atoms with E-state index in [9.17, 15) is 4.79 Å². The number of rotatable bonds is 6. The van der Waals surface area contributed by atoms with Crippen molar-refractivity contribution >= 4 is 29.1 Å². The number of carbonyl (C=O) groups excluding carboxylic acids is 1. The molecule has 80 valence electrons. The lowest BCUT2D eigenvalue weighted by atomic mass is 10.4. The van der Waals surface area contributed by atoms with Crippen LogP contribution in [0, 0.1) is 0 Å². The SMILES string of the molecule is CC(Cl)C[NH+](CCCl)CC(N)=O.[Cl-]. The Morgan fingerprint density at radius 2 is 2.15 bits per heavy atom. The summed E-state index contributed by atoms with van der Waals surface area (Å²) in [4.78, 5) is 11.6. The highest BCUT2D eigenvalue weighted by atomic mass is 35.5. The summed E-state index contributed by atoms with van der Waals surface area (Å²) in [6, 6.07) is 0. The second kappa shape index (κ2) is 8.88. The smallest absolute Gasteiger partial charge is 0.272 e. The Kier molecular flexibility index (Phi) is 10.8. The predicted octanol–water partition coefficient (Wildman–Crippen LogP) is -3.77. The number of nitrogens with one attached hydrogen (secondary N) is 1. The van der Waals surface area contributed by atoms with Gasteiger partial charge in [-0.2, -0.15) is 0 Å². The average molecular weight is 250 g/mol. The Morgan fingerprint density at radius 1 is 1.62 bits per heavy atom. The van der Waals surface area contributed by atoms with Crippen LogP contribution in [0.2, 0.25) is 0 Å². The number of hydrogen-bond acceptors (Lipinski definition) is 1. The van der Waals surface area contributed by atoms with Crippen molar-refractivity contribution < 1.29 is 22.1 Å². The summed E-state index contributed by atoms with van der Waals surface area (Å²) in [6.07, 6.45) is 0. The molecule has 2 unspecified atom stereocenters. The van der Waals surface area contributed by atoms with Gasteiger partial charge in [-0.25, -0.2) is 0 Å². The Labute approximate surface area is 94.9 Å². The van der Waals surface area contributed by atoms with E-state index in [0.717, 1.165) is 18.0 Å². The first-order valence-electron chi connectivity index (χ1n) is 3.88. The van der Waals surface area contributed by atoms with Crippen molar-refractivity contribution in [1.82, 2.24) is 0 Å². The van der Waals surface area contributed by atoms with Gasteiger partial charge in [0.25, 0.3) is 5.91 Å². The maximum absolute atomic E-state index is 10.6. The summed E-state index contributed by atoms with van der Waals surface area (Å²) in [5.74, 6) is 0.208. The normalized spacial score (nSPS) is 14.4. The molecule has 0 bridgehead atoms. The van der Waals surface area contributed by atoms with Crippen LogP contribution in [0.5, 0.6) is 0 Å². The van der Waals surface area contributed by atoms with Gasteiger partial charge in [0, 0.05) is 0 Å². The number of quaternary nitrogens is 1. The highest BCUT2D eigenvalue weighted by Gasteiger charge is 2.13. The van der Waals surface area contributed by atoms with E-state index in [4.69, 9.17) is 28.9 Å². The third-order valence-electron chi connectivity index (χ3n) is 1.44. The zero-order valence-corrected chi connectivity index (χ0v) is 9.79. The molecule has 0 aliphatic heterocycles. The van der Waals surface area contributed by atoms with Crippen LogP contribution in [-0.4, -0.2) is 36.8 Å². The van der Waals surface area contributed by atoms with Crippen LogP contribution in [0.1, 0.15) is 6.92 Å². The van der Waals surface area contributed by atoms with Crippen LogP contribution < -0.4 is 23.0 Å². The Hall–Kier alpha value is 0.300. The number of amides is 1. The zero-order valence-electron chi connectivity index (χ0n) is 7.53. The molecule has 0 saturated heterocycles. The van der Waals surface area contributed by atoms with Crippen molar-refractivity contribution in [3.05, 3.63) is 0 Å². The first kappa shape index (κ1) is 15.8. The first-order valence-corrected chi connectivity index (χ1v) is 4.85. The van der Waals surface area contributed by atoms with Gasteiger partial charge in [-0.15, -0.1) is 23.2 Å². The topological polar surface area (TPSA) is 47.5 Å². The van der Waals surface area contributed by atoms with Crippen LogP contribution in [0.25, 0.3) is 0 Å². The molecular formula is C7H15Cl3N2O. The van der Waals surface area contributed by atoms with E-state index in [0.29, 0.717) is 12.4 Å². The third kappa shape index (κ3) is 10.2. The summed E-state index contributed by atoms with van der Waals surface area (Å²) in [5.41, 5.74) is 5.05. The molecule has 0 aromatic heterocycles. The Balaban J connectivity index is 0. The first-order chi connectivity index (χ1) is 5.56. The quantitative estimate of drug-likeness (QED) is 0.467. The second-order valence-electron chi connectivity index (χ2n) is 2.82. The molecule has 0 spiro atoms. The van der Waals surface area contributed by atoms with Crippen molar-refractivity contribution in [2.24, 2.45) is 5.73 Å².